The molecule has 1 saturated heterocycles. The number of ketones is 1. The Kier molecular flexibility index (Phi) is 4.32. The molecule has 1 atom stereocenters. The van der Waals surface area contributed by atoms with E-state index in [1.807, 2.05) is 28.8 Å². The average Bonchev–Trinajstić information content (AvgIpc) is 3.27. The normalized spacial score (nSPS) is 17.6. The number of hydrogen-bond acceptors (Lipinski definition) is 5. The predicted octanol–water partition coefficient (Wildman–Crippen LogP) is 3.25. The lowest BCUT2D eigenvalue weighted by atomic mass is 9.93. The summed E-state index contributed by atoms with van der Waals surface area (Å²) >= 11 is 1.33. The minimum Gasteiger partial charge on any atom is -0.338 e. The number of amides is 1. The fourth-order valence-corrected chi connectivity index (χ4v) is 4.40. The molecule has 1 aliphatic heterocycles. The average molecular weight is 368 g/mol. The number of nitrogens with zero attached hydrogens (tertiary/aromatic N) is 4. The van der Waals surface area contributed by atoms with Crippen LogP contribution in [0.1, 0.15) is 51.4 Å². The van der Waals surface area contributed by atoms with E-state index in [0.717, 1.165) is 36.1 Å². The fraction of sp³-hybridized carbons (Fsp3) is 0.368. The Morgan fingerprint density at radius 2 is 2.19 bits per heavy atom. The molecule has 0 bridgehead atoms. The van der Waals surface area contributed by atoms with E-state index in [1.165, 1.54) is 18.3 Å². The highest BCUT2D eigenvalue weighted by atomic mass is 32.1. The van der Waals surface area contributed by atoms with Crippen LogP contribution in [0.25, 0.3) is 11.0 Å². The first-order chi connectivity index (χ1) is 12.5. The number of Topliss-reactive ketones (excluding diaryl/α,β-unsaturated/α-hetero) is 1. The first-order valence-corrected chi connectivity index (χ1v) is 9.59. The minimum atomic E-state index is -0.00295. The summed E-state index contributed by atoms with van der Waals surface area (Å²) < 4.78 is 1.81. The topological polar surface area (TPSA) is 68.1 Å². The van der Waals surface area contributed by atoms with Gasteiger partial charge in [0.25, 0.3) is 5.91 Å². The van der Waals surface area contributed by atoms with Crippen molar-refractivity contribution < 1.29 is 9.59 Å². The quantitative estimate of drug-likeness (QED) is 0.666. The van der Waals surface area contributed by atoms with E-state index in [9.17, 15) is 9.59 Å². The van der Waals surface area contributed by atoms with Crippen molar-refractivity contribution in [2.75, 3.05) is 13.1 Å². The Balaban J connectivity index is 1.58. The number of aryl methyl sites for hydroxylation is 1. The van der Waals surface area contributed by atoms with Gasteiger partial charge in [0.15, 0.2) is 11.4 Å². The molecule has 7 heteroatoms. The third-order valence-corrected chi connectivity index (χ3v) is 5.95. The summed E-state index contributed by atoms with van der Waals surface area (Å²) in [6.45, 7) is 2.91. The first-order valence-electron chi connectivity index (χ1n) is 8.71. The molecule has 3 aromatic heterocycles. The zero-order chi connectivity index (χ0) is 18.3. The van der Waals surface area contributed by atoms with Crippen molar-refractivity contribution in [1.29, 1.82) is 0 Å². The molecule has 4 rings (SSSR count). The molecule has 1 aliphatic rings. The van der Waals surface area contributed by atoms with E-state index in [0.29, 0.717) is 17.0 Å². The van der Waals surface area contributed by atoms with Gasteiger partial charge in [-0.3, -0.25) is 14.3 Å². The summed E-state index contributed by atoms with van der Waals surface area (Å²) in [5, 5.41) is 7.52. The number of carbonyl (C=O) groups excluding carboxylic acids is 2. The molecule has 0 aliphatic carbocycles. The van der Waals surface area contributed by atoms with Crippen LogP contribution in [0.15, 0.2) is 29.8 Å². The maximum absolute atomic E-state index is 12.9. The van der Waals surface area contributed by atoms with Crippen LogP contribution >= 0.6 is 11.3 Å². The van der Waals surface area contributed by atoms with Crippen LogP contribution < -0.4 is 0 Å². The molecule has 1 amide bonds. The second-order valence-electron chi connectivity index (χ2n) is 6.73. The Morgan fingerprint density at radius 3 is 2.96 bits per heavy atom. The molecule has 134 valence electrons. The number of hydrogen-bond donors (Lipinski definition) is 0. The number of likely N-dealkylation sites (tertiary alicyclic amines) is 1. The summed E-state index contributed by atoms with van der Waals surface area (Å²) in [5.74, 6) is 0.196. The lowest BCUT2D eigenvalue weighted by Gasteiger charge is -2.32. The van der Waals surface area contributed by atoms with Gasteiger partial charge < -0.3 is 4.90 Å². The van der Waals surface area contributed by atoms with Crippen molar-refractivity contribution in [1.82, 2.24) is 19.7 Å². The second kappa shape index (κ2) is 6.64. The van der Waals surface area contributed by atoms with Gasteiger partial charge in [0.1, 0.15) is 0 Å². The molecule has 0 aromatic carbocycles. The van der Waals surface area contributed by atoms with Crippen molar-refractivity contribution in [3.05, 3.63) is 45.9 Å². The van der Waals surface area contributed by atoms with E-state index in [-0.39, 0.29) is 17.6 Å². The van der Waals surface area contributed by atoms with Crippen molar-refractivity contribution in [3.8, 4) is 0 Å². The van der Waals surface area contributed by atoms with Gasteiger partial charge >= 0.3 is 0 Å². The van der Waals surface area contributed by atoms with Gasteiger partial charge in [0.2, 0.25) is 0 Å². The summed E-state index contributed by atoms with van der Waals surface area (Å²) in [5.41, 5.74) is 2.49. The van der Waals surface area contributed by atoms with Gasteiger partial charge in [-0.15, -0.1) is 11.3 Å². The number of piperidine rings is 1. The van der Waals surface area contributed by atoms with Crippen LogP contribution in [0, 0.1) is 0 Å². The lowest BCUT2D eigenvalue weighted by molar-refractivity contribution is 0.0706. The molecule has 0 N–H and O–H groups in total. The number of carbonyl (C=O) groups is 2. The molecule has 0 spiro atoms. The molecule has 0 saturated carbocycles. The van der Waals surface area contributed by atoms with Gasteiger partial charge in [0, 0.05) is 43.0 Å². The number of aromatic nitrogens is 3. The third-order valence-electron chi connectivity index (χ3n) is 4.92. The Hall–Kier alpha value is -2.54. The molecule has 0 radical (unpaired) electrons. The maximum atomic E-state index is 12.9. The van der Waals surface area contributed by atoms with Crippen LogP contribution in [0.3, 0.4) is 0 Å². The summed E-state index contributed by atoms with van der Waals surface area (Å²) in [6, 6.07) is 5.68. The van der Waals surface area contributed by atoms with Crippen molar-refractivity contribution in [2.45, 2.75) is 25.7 Å². The highest BCUT2D eigenvalue weighted by Gasteiger charge is 2.29. The monoisotopic (exact) mass is 368 g/mol. The van der Waals surface area contributed by atoms with E-state index < -0.39 is 0 Å². The zero-order valence-electron chi connectivity index (χ0n) is 14.8. The summed E-state index contributed by atoms with van der Waals surface area (Å²) in [4.78, 5) is 31.3. The van der Waals surface area contributed by atoms with Crippen LogP contribution in [0.5, 0.6) is 0 Å². The van der Waals surface area contributed by atoms with Crippen LogP contribution in [0.2, 0.25) is 0 Å². The predicted molar refractivity (Wildman–Crippen MR) is 101 cm³/mol. The summed E-state index contributed by atoms with van der Waals surface area (Å²) in [6.07, 6.45) is 3.72. The van der Waals surface area contributed by atoms with Gasteiger partial charge in [-0.05, 0) is 38.0 Å². The molecule has 6 nitrogen and oxygen atoms in total. The Morgan fingerprint density at radius 1 is 1.35 bits per heavy atom. The lowest BCUT2D eigenvalue weighted by Crippen LogP contribution is -2.39. The SMILES string of the molecule is CC(=O)c1cc(C(=O)N2CCC[C@@H](c3nn(C)c4ncccc34)C2)cs1. The van der Waals surface area contributed by atoms with Gasteiger partial charge in [-0.2, -0.15) is 5.10 Å². The van der Waals surface area contributed by atoms with Gasteiger partial charge in [0.05, 0.1) is 16.1 Å². The van der Waals surface area contributed by atoms with Gasteiger partial charge in [-0.1, -0.05) is 0 Å². The van der Waals surface area contributed by atoms with Gasteiger partial charge in [-0.25, -0.2) is 4.98 Å². The third kappa shape index (κ3) is 2.92. The van der Waals surface area contributed by atoms with E-state index in [2.05, 4.69) is 10.1 Å². The highest BCUT2D eigenvalue weighted by Crippen LogP contribution is 2.31. The van der Waals surface area contributed by atoms with Crippen molar-refractivity contribution >= 4 is 34.1 Å². The summed E-state index contributed by atoms with van der Waals surface area (Å²) in [7, 11) is 1.90. The van der Waals surface area contributed by atoms with E-state index >= 15 is 0 Å². The molecule has 0 unspecified atom stereocenters. The molecule has 26 heavy (non-hydrogen) atoms. The standard InChI is InChI=1S/C19H20N4O2S/c1-12(24)16-9-14(11-26-16)19(25)23-8-4-5-13(10-23)17-15-6-3-7-20-18(15)22(2)21-17/h3,6-7,9,11,13H,4-5,8,10H2,1-2H3/t13-/m1/s1. The number of pyridine rings is 1. The largest absolute Gasteiger partial charge is 0.338 e. The Labute approximate surface area is 155 Å². The molecule has 4 heterocycles. The molecule has 1 fully saturated rings. The van der Waals surface area contributed by atoms with E-state index in [4.69, 9.17) is 0 Å². The molecular formula is C19H20N4O2S. The van der Waals surface area contributed by atoms with Crippen LogP contribution in [-0.4, -0.2) is 44.4 Å². The number of thiophene rings is 1. The van der Waals surface area contributed by atoms with Crippen LogP contribution in [-0.2, 0) is 7.05 Å². The molecule has 3 aromatic rings. The molecular weight excluding hydrogens is 348 g/mol. The zero-order valence-corrected chi connectivity index (χ0v) is 15.6. The fourth-order valence-electron chi connectivity index (χ4n) is 3.62. The maximum Gasteiger partial charge on any atom is 0.254 e. The van der Waals surface area contributed by atoms with E-state index in [1.54, 1.807) is 17.6 Å². The Bertz CT molecular complexity index is 991. The number of fused-ring (bicyclic) bond motifs is 1. The first kappa shape index (κ1) is 16.9. The highest BCUT2D eigenvalue weighted by molar-refractivity contribution is 7.12. The number of rotatable bonds is 3. The van der Waals surface area contributed by atoms with Crippen LogP contribution in [0.4, 0.5) is 0 Å². The van der Waals surface area contributed by atoms with Crippen molar-refractivity contribution in [2.24, 2.45) is 7.05 Å². The minimum absolute atomic E-state index is 0.00183. The second-order valence-corrected chi connectivity index (χ2v) is 7.64. The smallest absolute Gasteiger partial charge is 0.254 e. The van der Waals surface area contributed by atoms with Crippen molar-refractivity contribution in [3.63, 3.8) is 0 Å².